The molecule has 288 valence electrons. The van der Waals surface area contributed by atoms with E-state index in [1.54, 1.807) is 0 Å². The van der Waals surface area contributed by atoms with E-state index in [2.05, 4.69) is 118 Å². The number of non-ortho nitro benzene ring substituents is 1. The molecule has 0 amide bonds. The van der Waals surface area contributed by atoms with Crippen molar-refractivity contribution in [2.24, 2.45) is 0 Å². The molecule has 0 saturated carbocycles. The van der Waals surface area contributed by atoms with E-state index in [4.69, 9.17) is 23.7 Å². The zero-order valence-corrected chi connectivity index (χ0v) is 36.4. The quantitative estimate of drug-likeness (QED) is 0.108. The zero-order chi connectivity index (χ0) is 40.0. The summed E-state index contributed by atoms with van der Waals surface area (Å²) in [4.78, 5) is 39.3. The molecule has 2 N–H and O–H groups in total. The second-order valence-electron chi connectivity index (χ2n) is 18.0. The Balaban J connectivity index is 2.25. The highest BCUT2D eigenvalue weighted by atomic mass is 28.4. The first-order valence-corrected chi connectivity index (χ1v) is 26.1. The van der Waals surface area contributed by atoms with Gasteiger partial charge in [0.05, 0.1) is 28.1 Å². The third-order valence-electron chi connectivity index (χ3n) is 11.1. The molecule has 52 heavy (non-hydrogen) atoms. The average Bonchev–Trinajstić information content (AvgIpc) is 3.28. The molecule has 0 bridgehead atoms. The lowest BCUT2D eigenvalue weighted by Gasteiger charge is -2.44. The van der Waals surface area contributed by atoms with E-state index in [-0.39, 0.29) is 38.7 Å². The number of anilines is 1. The summed E-state index contributed by atoms with van der Waals surface area (Å²) in [6, 6.07) is 3.17. The van der Waals surface area contributed by atoms with Gasteiger partial charge in [0, 0.05) is 12.3 Å². The number of benzene rings is 1. The van der Waals surface area contributed by atoms with Crippen molar-refractivity contribution in [2.75, 3.05) is 12.3 Å². The molecule has 1 fully saturated rings. The normalized spacial score (nSPS) is 20.4. The van der Waals surface area contributed by atoms with Gasteiger partial charge in [0.1, 0.15) is 29.7 Å². The molecule has 0 spiro atoms. The van der Waals surface area contributed by atoms with Gasteiger partial charge in [-0.25, -0.2) is 4.79 Å². The van der Waals surface area contributed by atoms with Gasteiger partial charge in [0.2, 0.25) is 0 Å². The molecular formula is C35H57N5O9Si3. The Morgan fingerprint density at radius 2 is 1.33 bits per heavy atom. The Bertz CT molecular complexity index is 1800. The molecule has 1 aromatic carbocycles. The van der Waals surface area contributed by atoms with E-state index in [1.807, 2.05) is 0 Å². The van der Waals surface area contributed by atoms with Crippen molar-refractivity contribution in [1.29, 1.82) is 0 Å². The second kappa shape index (κ2) is 14.9. The number of nitrogens with two attached hydrogens (primary N) is 1. The molecule has 4 atom stereocenters. The van der Waals surface area contributed by atoms with Gasteiger partial charge in [-0.1, -0.05) is 74.2 Å². The van der Waals surface area contributed by atoms with Gasteiger partial charge in [0.25, 0.3) is 11.4 Å². The lowest BCUT2D eigenvalue weighted by atomic mass is 10.1. The first-order chi connectivity index (χ1) is 23.4. The van der Waals surface area contributed by atoms with E-state index in [0.29, 0.717) is 0 Å². The van der Waals surface area contributed by atoms with Crippen LogP contribution in [0.4, 0.5) is 17.2 Å². The Morgan fingerprint density at radius 3 is 1.81 bits per heavy atom. The van der Waals surface area contributed by atoms with E-state index in [1.165, 1.54) is 16.8 Å². The summed E-state index contributed by atoms with van der Waals surface area (Å²) in [6.45, 7) is 32.5. The standard InChI is InChI=1S/C35H57N5O9Si3/c1-33(2,3)50(10,11)46-22-27-28(48-51(12,13)34(4,5)6)29(49-52(14,15)35(7,8)9)31(47-27)38-21-24(30(36)37-32(38)41)17-16-23-18-19-25(39(42)43)20-26(23)40(44)45/h18-21,27-29,31H,22H2,1-15H3,(H2,36,37,41). The molecule has 14 nitrogen and oxygen atoms in total. The molecule has 1 saturated heterocycles. The van der Waals surface area contributed by atoms with Crippen molar-refractivity contribution in [3.05, 3.63) is 66.2 Å². The lowest BCUT2D eigenvalue weighted by Crippen LogP contribution is -2.54. The Hall–Kier alpha value is -3.25. The third-order valence-corrected chi connectivity index (χ3v) is 24.6. The van der Waals surface area contributed by atoms with Crippen molar-refractivity contribution in [1.82, 2.24) is 9.55 Å². The highest BCUT2D eigenvalue weighted by Crippen LogP contribution is 2.46. The Kier molecular flexibility index (Phi) is 12.3. The van der Waals surface area contributed by atoms with Gasteiger partial charge in [-0.3, -0.25) is 24.8 Å². The van der Waals surface area contributed by atoms with Crippen LogP contribution in [0.1, 0.15) is 79.7 Å². The van der Waals surface area contributed by atoms with E-state index in [9.17, 15) is 25.0 Å². The summed E-state index contributed by atoms with van der Waals surface area (Å²) < 4.78 is 29.1. The van der Waals surface area contributed by atoms with Crippen LogP contribution in [0.2, 0.25) is 54.4 Å². The van der Waals surface area contributed by atoms with Gasteiger partial charge in [-0.05, 0) is 60.5 Å². The number of hydrogen-bond acceptors (Lipinski definition) is 11. The number of nitro benzene ring substituents is 2. The SMILES string of the molecule is CC(C)(C)[Si](C)(C)OCC1OC(n2cc(C#Cc3ccc([N+](=O)[O-])cc3[N+](=O)[O-])c(N)nc2=O)C(O[Si](C)(C)C(C)(C)C)C1O[Si](C)(C)C(C)(C)C. The summed E-state index contributed by atoms with van der Waals surface area (Å²) in [5, 5.41) is 22.6. The Labute approximate surface area is 310 Å². The summed E-state index contributed by atoms with van der Waals surface area (Å²) in [5.74, 6) is 5.29. The Morgan fingerprint density at radius 1 is 0.827 bits per heavy atom. The molecule has 4 unspecified atom stereocenters. The van der Waals surface area contributed by atoms with Crippen LogP contribution in [-0.4, -0.2) is 69.3 Å². The van der Waals surface area contributed by atoms with Crippen LogP contribution >= 0.6 is 0 Å². The summed E-state index contributed by atoms with van der Waals surface area (Å²) in [7, 11) is -7.24. The molecule has 0 radical (unpaired) electrons. The van der Waals surface area contributed by atoms with Crippen LogP contribution in [0.5, 0.6) is 0 Å². The minimum atomic E-state index is -2.53. The largest absolute Gasteiger partial charge is 0.414 e. The fourth-order valence-corrected chi connectivity index (χ4v) is 8.28. The number of ether oxygens (including phenoxy) is 1. The highest BCUT2D eigenvalue weighted by Gasteiger charge is 2.55. The maximum atomic E-state index is 13.7. The maximum absolute atomic E-state index is 13.7. The van der Waals surface area contributed by atoms with E-state index >= 15 is 0 Å². The molecule has 2 heterocycles. The van der Waals surface area contributed by atoms with Crippen LogP contribution in [-0.2, 0) is 18.0 Å². The number of rotatable bonds is 10. The maximum Gasteiger partial charge on any atom is 0.351 e. The van der Waals surface area contributed by atoms with Crippen LogP contribution in [0.25, 0.3) is 0 Å². The van der Waals surface area contributed by atoms with Gasteiger partial charge >= 0.3 is 5.69 Å². The highest BCUT2D eigenvalue weighted by molar-refractivity contribution is 6.75. The van der Waals surface area contributed by atoms with Gasteiger partial charge in [0.15, 0.2) is 31.2 Å². The fourth-order valence-electron chi connectivity index (χ4n) is 4.66. The average molecular weight is 776 g/mol. The van der Waals surface area contributed by atoms with Crippen molar-refractivity contribution < 1.29 is 27.9 Å². The van der Waals surface area contributed by atoms with Crippen LogP contribution in [0.15, 0.2) is 29.2 Å². The number of hydrogen-bond donors (Lipinski definition) is 1. The topological polar surface area (TPSA) is 184 Å². The molecule has 0 aliphatic carbocycles. The lowest BCUT2D eigenvalue weighted by molar-refractivity contribution is -0.394. The number of nitro groups is 2. The first kappa shape index (κ1) is 43.2. The smallest absolute Gasteiger partial charge is 0.351 e. The van der Waals surface area contributed by atoms with Gasteiger partial charge in [-0.2, -0.15) is 4.98 Å². The van der Waals surface area contributed by atoms with Crippen molar-refractivity contribution in [3.8, 4) is 11.8 Å². The van der Waals surface area contributed by atoms with E-state index < -0.39 is 76.4 Å². The number of aromatic nitrogens is 2. The minimum Gasteiger partial charge on any atom is -0.414 e. The predicted molar refractivity (Wildman–Crippen MR) is 210 cm³/mol. The monoisotopic (exact) mass is 775 g/mol. The van der Waals surface area contributed by atoms with E-state index in [0.717, 1.165) is 12.1 Å². The molecule has 3 rings (SSSR count). The van der Waals surface area contributed by atoms with Gasteiger partial charge < -0.3 is 23.7 Å². The third kappa shape index (κ3) is 9.45. The van der Waals surface area contributed by atoms with Gasteiger partial charge in [-0.15, -0.1) is 0 Å². The zero-order valence-electron chi connectivity index (χ0n) is 33.4. The number of nitrogens with zero attached hydrogens (tertiary/aromatic N) is 4. The van der Waals surface area contributed by atoms with Crippen LogP contribution in [0.3, 0.4) is 0 Å². The molecule has 1 aromatic heterocycles. The van der Waals surface area contributed by atoms with Crippen LogP contribution in [0, 0.1) is 32.1 Å². The second-order valence-corrected chi connectivity index (χ2v) is 32.3. The molecule has 17 heteroatoms. The summed E-state index contributed by atoms with van der Waals surface area (Å²) in [5.41, 5.74) is 4.52. The molecule has 1 aliphatic heterocycles. The van der Waals surface area contributed by atoms with Crippen molar-refractivity contribution >= 4 is 42.1 Å². The fraction of sp³-hybridized carbons (Fsp3) is 0.657. The first-order valence-electron chi connectivity index (χ1n) is 17.4. The van der Waals surface area contributed by atoms with Crippen molar-refractivity contribution in [3.63, 3.8) is 0 Å². The van der Waals surface area contributed by atoms with Crippen molar-refractivity contribution in [2.45, 2.75) is 141 Å². The number of nitrogen functional groups attached to an aromatic ring is 1. The molecule has 1 aliphatic rings. The molecular weight excluding hydrogens is 719 g/mol. The predicted octanol–water partition coefficient (Wildman–Crippen LogP) is 7.74. The summed E-state index contributed by atoms with van der Waals surface area (Å²) in [6.07, 6.45) is -1.55. The minimum absolute atomic E-state index is 0.0675. The summed E-state index contributed by atoms with van der Waals surface area (Å²) >= 11 is 0. The molecule has 2 aromatic rings. The van der Waals surface area contributed by atoms with Crippen LogP contribution < -0.4 is 11.4 Å².